The van der Waals surface area contributed by atoms with E-state index in [1.54, 1.807) is 0 Å². The standard InChI is InChI=1S/C14H15BrN2OS/c1-16-14(19)17(2)9-12-7-8-13(18-12)10-3-5-11(15)6-4-10/h3-8H,9H2,1-2H3,(H,16,19). The highest BCUT2D eigenvalue weighted by atomic mass is 79.9. The molecule has 19 heavy (non-hydrogen) atoms. The van der Waals surface area contributed by atoms with Gasteiger partial charge in [0.15, 0.2) is 5.11 Å². The third kappa shape index (κ3) is 3.58. The summed E-state index contributed by atoms with van der Waals surface area (Å²) in [6.07, 6.45) is 0. The van der Waals surface area contributed by atoms with Crippen LogP contribution in [0.2, 0.25) is 0 Å². The molecule has 0 unspecified atom stereocenters. The van der Waals surface area contributed by atoms with Crippen molar-refractivity contribution < 1.29 is 4.42 Å². The minimum atomic E-state index is 0.649. The fourth-order valence-corrected chi connectivity index (χ4v) is 2.06. The van der Waals surface area contributed by atoms with Crippen molar-refractivity contribution in [1.29, 1.82) is 0 Å². The third-order valence-electron chi connectivity index (χ3n) is 2.74. The number of hydrogen-bond donors (Lipinski definition) is 1. The molecule has 0 amide bonds. The molecule has 0 spiro atoms. The molecule has 0 saturated carbocycles. The molecule has 1 heterocycles. The SMILES string of the molecule is CNC(=S)N(C)Cc1ccc(-c2ccc(Br)cc2)o1. The molecular formula is C14H15BrN2OS. The zero-order chi connectivity index (χ0) is 13.8. The summed E-state index contributed by atoms with van der Waals surface area (Å²) >= 11 is 8.58. The van der Waals surface area contributed by atoms with Gasteiger partial charge in [0, 0.05) is 24.1 Å². The molecule has 2 aromatic rings. The number of nitrogens with zero attached hydrogens (tertiary/aromatic N) is 1. The Bertz CT molecular complexity index is 565. The summed E-state index contributed by atoms with van der Waals surface area (Å²) in [5, 5.41) is 3.64. The van der Waals surface area contributed by atoms with Gasteiger partial charge in [-0.15, -0.1) is 0 Å². The largest absolute Gasteiger partial charge is 0.459 e. The molecule has 0 atom stereocenters. The molecular weight excluding hydrogens is 324 g/mol. The van der Waals surface area contributed by atoms with Gasteiger partial charge < -0.3 is 14.6 Å². The van der Waals surface area contributed by atoms with Gasteiger partial charge in [-0.3, -0.25) is 0 Å². The molecule has 0 bridgehead atoms. The lowest BCUT2D eigenvalue weighted by Crippen LogP contribution is -2.33. The van der Waals surface area contributed by atoms with Crippen molar-refractivity contribution in [2.75, 3.05) is 14.1 Å². The minimum Gasteiger partial charge on any atom is -0.459 e. The van der Waals surface area contributed by atoms with Gasteiger partial charge in [0.25, 0.3) is 0 Å². The molecule has 0 radical (unpaired) electrons. The van der Waals surface area contributed by atoms with Crippen LogP contribution in [0.5, 0.6) is 0 Å². The minimum absolute atomic E-state index is 0.649. The van der Waals surface area contributed by atoms with E-state index in [1.165, 1.54) is 0 Å². The Kier molecular flexibility index (Phi) is 4.61. The number of furan rings is 1. The monoisotopic (exact) mass is 338 g/mol. The van der Waals surface area contributed by atoms with Crippen molar-refractivity contribution in [3.05, 3.63) is 46.6 Å². The lowest BCUT2D eigenvalue weighted by atomic mass is 10.2. The zero-order valence-corrected chi connectivity index (χ0v) is 13.2. The van der Waals surface area contributed by atoms with E-state index in [2.05, 4.69) is 21.2 Å². The second-order valence-electron chi connectivity index (χ2n) is 4.18. The molecule has 5 heteroatoms. The van der Waals surface area contributed by atoms with Crippen LogP contribution in [0.3, 0.4) is 0 Å². The molecule has 1 aromatic heterocycles. The molecule has 1 aromatic carbocycles. The predicted molar refractivity (Wildman–Crippen MR) is 85.0 cm³/mol. The van der Waals surface area contributed by atoms with Crippen LogP contribution in [0, 0.1) is 0 Å². The van der Waals surface area contributed by atoms with Crippen molar-refractivity contribution in [2.24, 2.45) is 0 Å². The molecule has 0 aliphatic rings. The molecule has 0 fully saturated rings. The van der Waals surface area contributed by atoms with Crippen LogP contribution in [-0.2, 0) is 6.54 Å². The van der Waals surface area contributed by atoms with E-state index in [4.69, 9.17) is 16.6 Å². The highest BCUT2D eigenvalue weighted by molar-refractivity contribution is 9.10. The second-order valence-corrected chi connectivity index (χ2v) is 5.49. The fraction of sp³-hybridized carbons (Fsp3) is 0.214. The maximum absolute atomic E-state index is 5.83. The van der Waals surface area contributed by atoms with Crippen LogP contribution in [0.25, 0.3) is 11.3 Å². The molecule has 0 aliphatic heterocycles. The van der Waals surface area contributed by atoms with Gasteiger partial charge in [0.1, 0.15) is 11.5 Å². The van der Waals surface area contributed by atoms with E-state index < -0.39 is 0 Å². The van der Waals surface area contributed by atoms with Crippen LogP contribution in [0.15, 0.2) is 45.3 Å². The van der Waals surface area contributed by atoms with E-state index >= 15 is 0 Å². The first-order chi connectivity index (χ1) is 9.10. The summed E-state index contributed by atoms with van der Waals surface area (Å²) in [6, 6.07) is 12.0. The van der Waals surface area contributed by atoms with Gasteiger partial charge in [-0.2, -0.15) is 0 Å². The van der Waals surface area contributed by atoms with E-state index in [0.29, 0.717) is 11.7 Å². The Hall–Kier alpha value is -1.33. The van der Waals surface area contributed by atoms with E-state index in [9.17, 15) is 0 Å². The van der Waals surface area contributed by atoms with Crippen LogP contribution in [-0.4, -0.2) is 24.1 Å². The van der Waals surface area contributed by atoms with Crippen LogP contribution >= 0.6 is 28.1 Å². The summed E-state index contributed by atoms with van der Waals surface area (Å²) in [4.78, 5) is 1.93. The van der Waals surface area contributed by atoms with Gasteiger partial charge in [-0.05, 0) is 36.5 Å². The van der Waals surface area contributed by atoms with Crippen LogP contribution in [0.1, 0.15) is 5.76 Å². The summed E-state index contributed by atoms with van der Waals surface area (Å²) in [6.45, 7) is 0.649. The maximum atomic E-state index is 5.83. The number of benzene rings is 1. The number of halogens is 1. The Morgan fingerprint density at radius 2 is 1.95 bits per heavy atom. The topological polar surface area (TPSA) is 28.4 Å². The summed E-state index contributed by atoms with van der Waals surface area (Å²) in [5.41, 5.74) is 1.06. The van der Waals surface area contributed by atoms with Crippen LogP contribution < -0.4 is 5.32 Å². The Balaban J connectivity index is 2.11. The smallest absolute Gasteiger partial charge is 0.168 e. The zero-order valence-electron chi connectivity index (χ0n) is 10.8. The number of hydrogen-bond acceptors (Lipinski definition) is 2. The van der Waals surface area contributed by atoms with Gasteiger partial charge in [0.05, 0.1) is 6.54 Å². The third-order valence-corrected chi connectivity index (χ3v) is 3.79. The highest BCUT2D eigenvalue weighted by Gasteiger charge is 2.08. The molecule has 100 valence electrons. The van der Waals surface area contributed by atoms with Crippen molar-refractivity contribution in [2.45, 2.75) is 6.54 Å². The highest BCUT2D eigenvalue weighted by Crippen LogP contribution is 2.24. The van der Waals surface area contributed by atoms with Gasteiger partial charge in [0.2, 0.25) is 0 Å². The Labute approximate surface area is 126 Å². The first-order valence-corrected chi connectivity index (χ1v) is 7.08. The van der Waals surface area contributed by atoms with Gasteiger partial charge in [-0.25, -0.2) is 0 Å². The molecule has 0 aliphatic carbocycles. The first kappa shape index (κ1) is 14.1. The summed E-state index contributed by atoms with van der Waals surface area (Å²) < 4.78 is 6.89. The van der Waals surface area contributed by atoms with E-state index in [-0.39, 0.29) is 0 Å². The molecule has 3 nitrogen and oxygen atoms in total. The average Bonchev–Trinajstić information content (AvgIpc) is 2.87. The maximum Gasteiger partial charge on any atom is 0.168 e. The molecule has 1 N–H and O–H groups in total. The number of rotatable bonds is 3. The van der Waals surface area contributed by atoms with Crippen molar-refractivity contribution >= 4 is 33.3 Å². The average molecular weight is 339 g/mol. The van der Waals surface area contributed by atoms with Crippen molar-refractivity contribution in [1.82, 2.24) is 10.2 Å². The molecule has 0 saturated heterocycles. The fourth-order valence-electron chi connectivity index (χ4n) is 1.73. The lowest BCUT2D eigenvalue weighted by Gasteiger charge is -2.17. The molecule has 2 rings (SSSR count). The van der Waals surface area contributed by atoms with Crippen molar-refractivity contribution in [3.63, 3.8) is 0 Å². The second kappa shape index (κ2) is 6.21. The predicted octanol–water partition coefficient (Wildman–Crippen LogP) is 3.65. The van der Waals surface area contributed by atoms with Gasteiger partial charge in [-0.1, -0.05) is 28.1 Å². The lowest BCUT2D eigenvalue weighted by molar-refractivity contribution is 0.413. The Morgan fingerprint density at radius 3 is 2.58 bits per heavy atom. The quantitative estimate of drug-likeness (QED) is 0.865. The van der Waals surface area contributed by atoms with Crippen LogP contribution in [0.4, 0.5) is 0 Å². The van der Waals surface area contributed by atoms with Gasteiger partial charge >= 0.3 is 0 Å². The van der Waals surface area contributed by atoms with E-state index in [0.717, 1.165) is 21.6 Å². The number of nitrogens with one attached hydrogen (secondary N) is 1. The van der Waals surface area contributed by atoms with E-state index in [1.807, 2.05) is 55.4 Å². The first-order valence-electron chi connectivity index (χ1n) is 5.87. The van der Waals surface area contributed by atoms with Crippen molar-refractivity contribution in [3.8, 4) is 11.3 Å². The summed E-state index contributed by atoms with van der Waals surface area (Å²) in [7, 11) is 3.74. The Morgan fingerprint density at radius 1 is 1.26 bits per heavy atom. The number of thiocarbonyl (C=S) groups is 1. The summed E-state index contributed by atoms with van der Waals surface area (Å²) in [5.74, 6) is 1.75. The normalized spacial score (nSPS) is 10.3.